The molecule has 0 saturated heterocycles. The Balaban J connectivity index is 2.49. The molecule has 0 saturated carbocycles. The van der Waals surface area contributed by atoms with Crippen LogP contribution in [0.5, 0.6) is 5.88 Å². The first-order chi connectivity index (χ1) is 8.13. The molecule has 2 rings (SSSR count). The number of aromatic nitrogens is 2. The number of rotatable bonds is 3. The zero-order valence-corrected chi connectivity index (χ0v) is 10.6. The molecule has 17 heavy (non-hydrogen) atoms. The van der Waals surface area contributed by atoms with Crippen LogP contribution in [-0.2, 0) is 6.42 Å². The number of benzene rings is 1. The van der Waals surface area contributed by atoms with Crippen molar-refractivity contribution in [3.8, 4) is 11.6 Å². The van der Waals surface area contributed by atoms with Crippen molar-refractivity contribution in [2.75, 3.05) is 0 Å². The normalized spacial score (nSPS) is 10.8. The van der Waals surface area contributed by atoms with Crippen LogP contribution in [-0.4, -0.2) is 14.9 Å². The van der Waals surface area contributed by atoms with Crippen molar-refractivity contribution < 1.29 is 5.11 Å². The van der Waals surface area contributed by atoms with Crippen LogP contribution in [0.25, 0.3) is 5.69 Å². The third kappa shape index (κ3) is 2.18. The lowest BCUT2D eigenvalue weighted by molar-refractivity contribution is 0.430. The minimum Gasteiger partial charge on any atom is -0.493 e. The van der Waals surface area contributed by atoms with Crippen molar-refractivity contribution in [1.82, 2.24) is 9.78 Å². The molecule has 0 aliphatic heterocycles. The fraction of sp³-hybridized carbons (Fsp3) is 0.357. The molecule has 0 spiro atoms. The summed E-state index contributed by atoms with van der Waals surface area (Å²) in [5.74, 6) is 0.249. The quantitative estimate of drug-likeness (QED) is 0.879. The molecule has 0 bridgehead atoms. The minimum absolute atomic E-state index is 0.249. The topological polar surface area (TPSA) is 38.0 Å². The third-order valence-electron chi connectivity index (χ3n) is 2.92. The van der Waals surface area contributed by atoms with E-state index in [1.165, 1.54) is 0 Å². The number of nitrogens with zero attached hydrogens (tertiary/aromatic N) is 2. The van der Waals surface area contributed by atoms with Gasteiger partial charge in [0.15, 0.2) is 0 Å². The van der Waals surface area contributed by atoms with E-state index in [-0.39, 0.29) is 5.88 Å². The highest BCUT2D eigenvalue weighted by atomic mass is 16.3. The lowest BCUT2D eigenvalue weighted by Crippen LogP contribution is -1.97. The first-order valence-corrected chi connectivity index (χ1v) is 5.98. The second kappa shape index (κ2) is 4.62. The Morgan fingerprint density at radius 2 is 2.06 bits per heavy atom. The molecule has 0 unspecified atom stereocenters. The molecular weight excluding hydrogens is 212 g/mol. The molecular formula is C14H18N2O. The summed E-state index contributed by atoms with van der Waals surface area (Å²) in [6, 6.07) is 7.97. The van der Waals surface area contributed by atoms with Crippen LogP contribution in [0.1, 0.15) is 30.2 Å². The average Bonchev–Trinajstić information content (AvgIpc) is 2.58. The molecule has 2 aromatic rings. The SMILES string of the molecule is CCCc1nn(-c2cccc(C)c2)c(O)c1C. The summed E-state index contributed by atoms with van der Waals surface area (Å²) in [4.78, 5) is 0. The maximum Gasteiger partial charge on any atom is 0.217 e. The number of aryl methyl sites for hydroxylation is 2. The van der Waals surface area contributed by atoms with Gasteiger partial charge in [0.05, 0.1) is 11.4 Å². The zero-order valence-electron chi connectivity index (χ0n) is 10.6. The van der Waals surface area contributed by atoms with E-state index >= 15 is 0 Å². The fourth-order valence-electron chi connectivity index (χ4n) is 1.95. The lowest BCUT2D eigenvalue weighted by Gasteiger charge is -2.03. The molecule has 0 atom stereocenters. The highest BCUT2D eigenvalue weighted by Gasteiger charge is 2.13. The van der Waals surface area contributed by atoms with Crippen LogP contribution in [0, 0.1) is 13.8 Å². The van der Waals surface area contributed by atoms with Gasteiger partial charge in [-0.1, -0.05) is 25.5 Å². The van der Waals surface area contributed by atoms with Crippen LogP contribution in [0.4, 0.5) is 0 Å². The molecule has 0 aliphatic carbocycles. The summed E-state index contributed by atoms with van der Waals surface area (Å²) < 4.78 is 1.62. The Hall–Kier alpha value is -1.77. The Labute approximate surface area is 102 Å². The second-order valence-corrected chi connectivity index (χ2v) is 4.40. The molecule has 1 aromatic carbocycles. The van der Waals surface area contributed by atoms with Crippen LogP contribution < -0.4 is 0 Å². The molecule has 90 valence electrons. The molecule has 1 N–H and O–H groups in total. The Bertz CT molecular complexity index is 529. The van der Waals surface area contributed by atoms with Crippen molar-refractivity contribution in [1.29, 1.82) is 0 Å². The Morgan fingerprint density at radius 3 is 2.71 bits per heavy atom. The van der Waals surface area contributed by atoms with Crippen LogP contribution in [0.3, 0.4) is 0 Å². The largest absolute Gasteiger partial charge is 0.493 e. The molecule has 0 fully saturated rings. The second-order valence-electron chi connectivity index (χ2n) is 4.40. The predicted molar refractivity (Wildman–Crippen MR) is 68.7 cm³/mol. The van der Waals surface area contributed by atoms with Crippen molar-refractivity contribution in [3.05, 3.63) is 41.1 Å². The van der Waals surface area contributed by atoms with Gasteiger partial charge in [0.1, 0.15) is 0 Å². The fourth-order valence-corrected chi connectivity index (χ4v) is 1.95. The minimum atomic E-state index is 0.249. The number of hydrogen-bond donors (Lipinski definition) is 1. The van der Waals surface area contributed by atoms with Gasteiger partial charge < -0.3 is 5.11 Å². The van der Waals surface area contributed by atoms with Gasteiger partial charge in [0.2, 0.25) is 5.88 Å². The predicted octanol–water partition coefficient (Wildman–Crippen LogP) is 3.15. The molecule has 0 radical (unpaired) electrons. The van der Waals surface area contributed by atoms with E-state index in [0.717, 1.165) is 35.3 Å². The molecule has 3 nitrogen and oxygen atoms in total. The smallest absolute Gasteiger partial charge is 0.217 e. The van der Waals surface area contributed by atoms with Crippen molar-refractivity contribution in [3.63, 3.8) is 0 Å². The third-order valence-corrected chi connectivity index (χ3v) is 2.92. The maximum absolute atomic E-state index is 10.1. The van der Waals surface area contributed by atoms with E-state index in [4.69, 9.17) is 0 Å². The number of hydrogen-bond acceptors (Lipinski definition) is 2. The van der Waals surface area contributed by atoms with Gasteiger partial charge in [-0.3, -0.25) is 0 Å². The first-order valence-electron chi connectivity index (χ1n) is 5.98. The molecule has 0 aliphatic rings. The molecule has 1 heterocycles. The van der Waals surface area contributed by atoms with Gasteiger partial charge in [-0.25, -0.2) is 4.68 Å². The Morgan fingerprint density at radius 1 is 1.29 bits per heavy atom. The highest BCUT2D eigenvalue weighted by molar-refractivity contribution is 5.41. The summed E-state index contributed by atoms with van der Waals surface area (Å²) >= 11 is 0. The summed E-state index contributed by atoms with van der Waals surface area (Å²) in [7, 11) is 0. The molecule has 1 aromatic heterocycles. The van der Waals surface area contributed by atoms with Crippen molar-refractivity contribution >= 4 is 0 Å². The van der Waals surface area contributed by atoms with Crippen molar-refractivity contribution in [2.45, 2.75) is 33.6 Å². The summed E-state index contributed by atoms with van der Waals surface area (Å²) in [5.41, 5.74) is 3.93. The van der Waals surface area contributed by atoms with E-state index in [2.05, 4.69) is 12.0 Å². The van der Waals surface area contributed by atoms with E-state index in [9.17, 15) is 5.11 Å². The van der Waals surface area contributed by atoms with Crippen LogP contribution in [0.15, 0.2) is 24.3 Å². The molecule has 3 heteroatoms. The first kappa shape index (κ1) is 11.7. The summed E-state index contributed by atoms with van der Waals surface area (Å²) in [6.45, 7) is 6.06. The van der Waals surface area contributed by atoms with Gasteiger partial charge in [-0.05, 0) is 38.0 Å². The standard InChI is InChI=1S/C14H18N2O/c1-4-6-13-11(3)14(17)16(15-13)12-8-5-7-10(2)9-12/h5,7-9,17H,4,6H2,1-3H3. The maximum atomic E-state index is 10.1. The summed E-state index contributed by atoms with van der Waals surface area (Å²) in [6.07, 6.45) is 1.93. The van der Waals surface area contributed by atoms with E-state index < -0.39 is 0 Å². The monoisotopic (exact) mass is 230 g/mol. The van der Waals surface area contributed by atoms with Crippen LogP contribution >= 0.6 is 0 Å². The van der Waals surface area contributed by atoms with E-state index in [1.54, 1.807) is 4.68 Å². The lowest BCUT2D eigenvalue weighted by atomic mass is 10.2. The Kier molecular flexibility index (Phi) is 3.18. The molecule has 0 amide bonds. The van der Waals surface area contributed by atoms with Gasteiger partial charge in [0.25, 0.3) is 0 Å². The number of aromatic hydroxyl groups is 1. The van der Waals surface area contributed by atoms with Crippen LogP contribution in [0.2, 0.25) is 0 Å². The summed E-state index contributed by atoms with van der Waals surface area (Å²) in [5, 5.41) is 14.6. The van der Waals surface area contributed by atoms with E-state index in [0.29, 0.717) is 0 Å². The zero-order chi connectivity index (χ0) is 12.4. The van der Waals surface area contributed by atoms with Gasteiger partial charge in [-0.2, -0.15) is 5.10 Å². The highest BCUT2D eigenvalue weighted by Crippen LogP contribution is 2.25. The average molecular weight is 230 g/mol. The van der Waals surface area contributed by atoms with Crippen molar-refractivity contribution in [2.24, 2.45) is 0 Å². The van der Waals surface area contributed by atoms with Gasteiger partial charge in [-0.15, -0.1) is 0 Å². The van der Waals surface area contributed by atoms with E-state index in [1.807, 2.05) is 38.1 Å². The van der Waals surface area contributed by atoms with Gasteiger partial charge >= 0.3 is 0 Å². The van der Waals surface area contributed by atoms with Gasteiger partial charge in [0, 0.05) is 5.56 Å².